The Balaban J connectivity index is 2.03. The lowest BCUT2D eigenvalue weighted by Crippen LogP contribution is -1.97. The van der Waals surface area contributed by atoms with Gasteiger partial charge in [0.25, 0.3) is 0 Å². The van der Waals surface area contributed by atoms with Crippen LogP contribution in [0.25, 0.3) is 11.1 Å². The van der Waals surface area contributed by atoms with Crippen molar-refractivity contribution >= 4 is 21.6 Å². The van der Waals surface area contributed by atoms with Crippen LogP contribution in [0.15, 0.2) is 70.1 Å². The van der Waals surface area contributed by atoms with Crippen LogP contribution in [0, 0.1) is 0 Å². The van der Waals surface area contributed by atoms with Gasteiger partial charge in [-0.15, -0.1) is 0 Å². The number of rotatable bonds is 2. The van der Waals surface area contributed by atoms with Gasteiger partial charge < -0.3 is 0 Å². The molecule has 1 aliphatic rings. The number of benzene rings is 2. The molecule has 18 heavy (non-hydrogen) atoms. The van der Waals surface area contributed by atoms with Crippen LogP contribution in [0.5, 0.6) is 0 Å². The maximum absolute atomic E-state index is 4.50. The molecule has 1 heterocycles. The summed E-state index contributed by atoms with van der Waals surface area (Å²) in [5.41, 5.74) is 4.67. The van der Waals surface area contributed by atoms with Crippen molar-refractivity contribution in [3.63, 3.8) is 0 Å². The van der Waals surface area contributed by atoms with Gasteiger partial charge in [0.15, 0.2) is 0 Å². The second-order valence-electron chi connectivity index (χ2n) is 4.19. The molecule has 0 saturated carbocycles. The Morgan fingerprint density at radius 1 is 0.833 bits per heavy atom. The zero-order valence-electron chi connectivity index (χ0n) is 9.81. The number of aliphatic imine (C=N–C) groups is 1. The molecule has 0 atom stereocenters. The van der Waals surface area contributed by atoms with Crippen molar-refractivity contribution in [1.82, 2.24) is 0 Å². The Morgan fingerprint density at radius 2 is 1.56 bits per heavy atom. The molecule has 0 N–H and O–H groups in total. The molecule has 0 amide bonds. The molecule has 2 aromatic rings. The number of halogens is 1. The minimum Gasteiger partial charge on any atom is -0.279 e. The van der Waals surface area contributed by atoms with Crippen molar-refractivity contribution in [2.75, 3.05) is 6.54 Å². The van der Waals surface area contributed by atoms with Crippen LogP contribution in [0.2, 0.25) is 0 Å². The molecule has 88 valence electrons. The molecule has 3 rings (SSSR count). The fourth-order valence-corrected chi connectivity index (χ4v) is 2.59. The highest BCUT2D eigenvalue weighted by atomic mass is 79.9. The molecule has 2 heteroatoms. The minimum atomic E-state index is 0.769. The van der Waals surface area contributed by atoms with Crippen LogP contribution in [-0.2, 0) is 0 Å². The Labute approximate surface area is 115 Å². The monoisotopic (exact) mass is 297 g/mol. The molecule has 0 saturated heterocycles. The Hall–Kier alpha value is -1.67. The largest absolute Gasteiger partial charge is 0.279 e. The van der Waals surface area contributed by atoms with Crippen molar-refractivity contribution in [3.05, 3.63) is 70.7 Å². The van der Waals surface area contributed by atoms with Crippen LogP contribution in [-0.4, -0.2) is 12.3 Å². The Morgan fingerprint density at radius 3 is 2.28 bits per heavy atom. The molecular formula is C16H12BrN. The third-order valence-electron chi connectivity index (χ3n) is 2.99. The standard InChI is InChI=1S/C16H12BrN/c17-15-9-10-18-16(15)14-8-4-7-13(11-14)12-5-2-1-3-6-12/h1-9,11H,10H2. The van der Waals surface area contributed by atoms with Crippen LogP contribution >= 0.6 is 15.9 Å². The first kappa shape index (κ1) is 11.4. The van der Waals surface area contributed by atoms with Crippen molar-refractivity contribution < 1.29 is 0 Å². The smallest absolute Gasteiger partial charge is 0.0790 e. The second-order valence-corrected chi connectivity index (χ2v) is 5.04. The number of hydrogen-bond acceptors (Lipinski definition) is 1. The Bertz CT molecular complexity index is 627. The number of nitrogens with zero attached hydrogens (tertiary/aromatic N) is 1. The molecule has 0 aromatic heterocycles. The molecule has 2 aromatic carbocycles. The minimum absolute atomic E-state index is 0.769. The summed E-state index contributed by atoms with van der Waals surface area (Å²) in [7, 11) is 0. The normalized spacial score (nSPS) is 14.3. The van der Waals surface area contributed by atoms with Crippen molar-refractivity contribution in [2.24, 2.45) is 4.99 Å². The van der Waals surface area contributed by atoms with E-state index in [0.717, 1.165) is 22.3 Å². The zero-order chi connectivity index (χ0) is 12.4. The molecule has 1 nitrogen and oxygen atoms in total. The molecular weight excluding hydrogens is 286 g/mol. The maximum Gasteiger partial charge on any atom is 0.0790 e. The zero-order valence-corrected chi connectivity index (χ0v) is 11.4. The number of allylic oxidation sites excluding steroid dienone is 1. The molecule has 0 unspecified atom stereocenters. The van der Waals surface area contributed by atoms with Gasteiger partial charge in [0.1, 0.15) is 0 Å². The molecule has 1 aliphatic heterocycles. The van der Waals surface area contributed by atoms with E-state index in [9.17, 15) is 0 Å². The molecule has 0 spiro atoms. The van der Waals surface area contributed by atoms with Crippen LogP contribution < -0.4 is 0 Å². The van der Waals surface area contributed by atoms with Crippen molar-refractivity contribution in [2.45, 2.75) is 0 Å². The fourth-order valence-electron chi connectivity index (χ4n) is 2.10. The first-order valence-corrected chi connectivity index (χ1v) is 6.70. The highest BCUT2D eigenvalue weighted by molar-refractivity contribution is 9.12. The maximum atomic E-state index is 4.50. The van der Waals surface area contributed by atoms with Gasteiger partial charge in [-0.05, 0) is 39.2 Å². The van der Waals surface area contributed by atoms with E-state index in [1.165, 1.54) is 11.1 Å². The average Bonchev–Trinajstić information content (AvgIpc) is 2.86. The van der Waals surface area contributed by atoms with Crippen molar-refractivity contribution in [3.8, 4) is 11.1 Å². The summed E-state index contributed by atoms with van der Waals surface area (Å²) in [6.07, 6.45) is 2.09. The molecule has 0 radical (unpaired) electrons. The predicted octanol–water partition coefficient (Wildman–Crippen LogP) is 4.44. The van der Waals surface area contributed by atoms with Gasteiger partial charge in [0.2, 0.25) is 0 Å². The lowest BCUT2D eigenvalue weighted by molar-refractivity contribution is 1.28. The quantitative estimate of drug-likeness (QED) is 0.777. The molecule has 0 bridgehead atoms. The van der Waals surface area contributed by atoms with Crippen LogP contribution in [0.1, 0.15) is 5.56 Å². The van der Waals surface area contributed by atoms with Gasteiger partial charge in [0.05, 0.1) is 12.3 Å². The van der Waals surface area contributed by atoms with E-state index in [4.69, 9.17) is 0 Å². The van der Waals surface area contributed by atoms with E-state index in [-0.39, 0.29) is 0 Å². The van der Waals surface area contributed by atoms with Crippen molar-refractivity contribution in [1.29, 1.82) is 0 Å². The van der Waals surface area contributed by atoms with Gasteiger partial charge in [-0.2, -0.15) is 0 Å². The van der Waals surface area contributed by atoms with Gasteiger partial charge in [-0.25, -0.2) is 0 Å². The highest BCUT2D eigenvalue weighted by Crippen LogP contribution is 2.24. The summed E-state index contributed by atoms with van der Waals surface area (Å²) in [6.45, 7) is 0.769. The summed E-state index contributed by atoms with van der Waals surface area (Å²) < 4.78 is 1.09. The SMILES string of the molecule is BrC1=CCN=C1c1cccc(-c2ccccc2)c1. The topological polar surface area (TPSA) is 12.4 Å². The van der Waals surface area contributed by atoms with E-state index >= 15 is 0 Å². The highest BCUT2D eigenvalue weighted by Gasteiger charge is 2.11. The first-order chi connectivity index (χ1) is 8.84. The average molecular weight is 298 g/mol. The summed E-state index contributed by atoms with van der Waals surface area (Å²) in [5.74, 6) is 0. The summed E-state index contributed by atoms with van der Waals surface area (Å²) in [6, 6.07) is 18.9. The molecule has 0 fully saturated rings. The second kappa shape index (κ2) is 4.91. The predicted molar refractivity (Wildman–Crippen MR) is 80.3 cm³/mol. The fraction of sp³-hybridized carbons (Fsp3) is 0.0625. The number of hydrogen-bond donors (Lipinski definition) is 0. The summed E-state index contributed by atoms with van der Waals surface area (Å²) in [4.78, 5) is 4.50. The van der Waals surface area contributed by atoms with E-state index in [0.29, 0.717) is 0 Å². The van der Waals surface area contributed by atoms with Gasteiger partial charge >= 0.3 is 0 Å². The first-order valence-electron chi connectivity index (χ1n) is 5.91. The van der Waals surface area contributed by atoms with E-state index in [1.807, 2.05) is 6.07 Å². The van der Waals surface area contributed by atoms with E-state index < -0.39 is 0 Å². The van der Waals surface area contributed by atoms with Gasteiger partial charge in [-0.1, -0.05) is 48.5 Å². The van der Waals surface area contributed by atoms with E-state index in [1.54, 1.807) is 0 Å². The van der Waals surface area contributed by atoms with Crippen LogP contribution in [0.3, 0.4) is 0 Å². The third kappa shape index (κ3) is 2.16. The van der Waals surface area contributed by atoms with E-state index in [2.05, 4.69) is 75.5 Å². The lowest BCUT2D eigenvalue weighted by atomic mass is 10.0. The van der Waals surface area contributed by atoms with Gasteiger partial charge in [0, 0.05) is 10.0 Å². The van der Waals surface area contributed by atoms with Crippen LogP contribution in [0.4, 0.5) is 0 Å². The lowest BCUT2D eigenvalue weighted by Gasteiger charge is -2.06. The third-order valence-corrected chi connectivity index (χ3v) is 3.69. The summed E-state index contributed by atoms with van der Waals surface area (Å²) >= 11 is 3.55. The molecule has 0 aliphatic carbocycles. The van der Waals surface area contributed by atoms with Gasteiger partial charge in [-0.3, -0.25) is 4.99 Å². The Kier molecular flexibility index (Phi) is 3.11. The summed E-state index contributed by atoms with van der Waals surface area (Å²) in [5, 5.41) is 0.